The van der Waals surface area contributed by atoms with Gasteiger partial charge in [-0.1, -0.05) is 6.92 Å². The molecule has 0 bridgehead atoms. The summed E-state index contributed by atoms with van der Waals surface area (Å²) < 4.78 is 0. The van der Waals surface area contributed by atoms with Crippen molar-refractivity contribution in [3.63, 3.8) is 0 Å². The van der Waals surface area contributed by atoms with E-state index in [4.69, 9.17) is 0 Å². The van der Waals surface area contributed by atoms with Gasteiger partial charge < -0.3 is 10.2 Å². The van der Waals surface area contributed by atoms with Crippen molar-refractivity contribution in [2.75, 3.05) is 26.2 Å². The Balaban J connectivity index is 0.00000120. The number of amides is 1. The minimum atomic E-state index is 0. The van der Waals surface area contributed by atoms with Crippen LogP contribution in [0.25, 0.3) is 0 Å². The van der Waals surface area contributed by atoms with Gasteiger partial charge in [0.05, 0.1) is 4.88 Å². The zero-order valence-corrected chi connectivity index (χ0v) is 12.1. The van der Waals surface area contributed by atoms with Gasteiger partial charge in [0, 0.05) is 26.2 Å². The van der Waals surface area contributed by atoms with Crippen molar-refractivity contribution < 1.29 is 4.79 Å². The van der Waals surface area contributed by atoms with E-state index in [9.17, 15) is 4.79 Å². The molecule has 3 rings (SSSR count). The lowest BCUT2D eigenvalue weighted by atomic mass is 10.0. The highest BCUT2D eigenvalue weighted by Crippen LogP contribution is 2.29. The van der Waals surface area contributed by atoms with Crippen LogP contribution < -0.4 is 5.32 Å². The Hall–Kier alpha value is -0.580. The minimum Gasteiger partial charge on any atom is -0.337 e. The molecule has 0 aliphatic carbocycles. The fraction of sp³-hybridized carbons (Fsp3) is 0.615. The first kappa shape index (κ1) is 13.8. The van der Waals surface area contributed by atoms with Gasteiger partial charge in [0.1, 0.15) is 0 Å². The first-order valence-corrected chi connectivity index (χ1v) is 7.24. The van der Waals surface area contributed by atoms with Gasteiger partial charge in [-0.05, 0) is 35.3 Å². The third kappa shape index (κ3) is 2.29. The Morgan fingerprint density at radius 3 is 2.72 bits per heavy atom. The number of nitrogens with zero attached hydrogens (tertiary/aromatic N) is 1. The van der Waals surface area contributed by atoms with E-state index in [1.54, 1.807) is 11.3 Å². The molecule has 1 amide bonds. The van der Waals surface area contributed by atoms with Crippen LogP contribution >= 0.6 is 23.7 Å². The number of rotatable bonds is 2. The van der Waals surface area contributed by atoms with Crippen LogP contribution in [0.2, 0.25) is 0 Å². The first-order chi connectivity index (χ1) is 8.29. The third-order valence-electron chi connectivity index (χ3n) is 4.00. The Labute approximate surface area is 118 Å². The van der Waals surface area contributed by atoms with Crippen LogP contribution in [-0.2, 0) is 6.42 Å². The number of halogens is 1. The maximum absolute atomic E-state index is 12.4. The second-order valence-corrected chi connectivity index (χ2v) is 5.93. The zero-order chi connectivity index (χ0) is 11.8. The van der Waals surface area contributed by atoms with E-state index in [-0.39, 0.29) is 18.3 Å². The summed E-state index contributed by atoms with van der Waals surface area (Å²) in [7, 11) is 0. The molecule has 1 N–H and O–H groups in total. The molecule has 18 heavy (non-hydrogen) atoms. The summed E-state index contributed by atoms with van der Waals surface area (Å²) in [5, 5.41) is 5.44. The van der Waals surface area contributed by atoms with Gasteiger partial charge in [-0.3, -0.25) is 4.79 Å². The zero-order valence-electron chi connectivity index (χ0n) is 10.5. The quantitative estimate of drug-likeness (QED) is 0.902. The summed E-state index contributed by atoms with van der Waals surface area (Å²) in [6.45, 7) is 6.16. The van der Waals surface area contributed by atoms with Crippen LogP contribution in [-0.4, -0.2) is 37.0 Å². The van der Waals surface area contributed by atoms with E-state index >= 15 is 0 Å². The number of hydrogen-bond donors (Lipinski definition) is 1. The number of carbonyl (C=O) groups is 1. The maximum Gasteiger partial charge on any atom is 0.264 e. The third-order valence-corrected chi connectivity index (χ3v) is 4.94. The lowest BCUT2D eigenvalue weighted by Gasteiger charge is -2.17. The molecule has 5 heteroatoms. The van der Waals surface area contributed by atoms with Crippen molar-refractivity contribution in [3.05, 3.63) is 21.9 Å². The SMILES string of the molecule is CCc1ccsc1C(=O)N1C[C@H]2CNC[C@H]2C1.Cl. The molecule has 2 aliphatic rings. The second-order valence-electron chi connectivity index (χ2n) is 5.02. The highest BCUT2D eigenvalue weighted by molar-refractivity contribution is 7.12. The molecule has 3 nitrogen and oxygen atoms in total. The van der Waals surface area contributed by atoms with Crippen molar-refractivity contribution >= 4 is 29.7 Å². The van der Waals surface area contributed by atoms with Gasteiger partial charge in [-0.15, -0.1) is 23.7 Å². The average molecular weight is 287 g/mol. The van der Waals surface area contributed by atoms with E-state index in [1.807, 2.05) is 5.38 Å². The fourth-order valence-corrected chi connectivity index (χ4v) is 3.93. The standard InChI is InChI=1S/C13H18N2OS.ClH/c1-2-9-3-4-17-12(9)13(16)15-7-10-5-14-6-11(10)8-15;/h3-4,10-11,14H,2,5-8H2,1H3;1H/t10-,11+;. The van der Waals surface area contributed by atoms with Gasteiger partial charge in [0.2, 0.25) is 0 Å². The predicted molar refractivity (Wildman–Crippen MR) is 76.7 cm³/mol. The Kier molecular flexibility index (Phi) is 4.30. The van der Waals surface area contributed by atoms with Crippen LogP contribution in [0.5, 0.6) is 0 Å². The first-order valence-electron chi connectivity index (χ1n) is 6.36. The number of hydrogen-bond acceptors (Lipinski definition) is 3. The summed E-state index contributed by atoms with van der Waals surface area (Å²) in [4.78, 5) is 15.5. The number of likely N-dealkylation sites (tertiary alicyclic amines) is 1. The lowest BCUT2D eigenvalue weighted by Crippen LogP contribution is -2.31. The van der Waals surface area contributed by atoms with Gasteiger partial charge in [-0.2, -0.15) is 0 Å². The Morgan fingerprint density at radius 1 is 1.44 bits per heavy atom. The Bertz CT molecular complexity index is 422. The number of aryl methyl sites for hydroxylation is 1. The molecule has 1 aromatic rings. The van der Waals surface area contributed by atoms with E-state index in [2.05, 4.69) is 23.2 Å². The molecule has 2 saturated heterocycles. The van der Waals surface area contributed by atoms with E-state index < -0.39 is 0 Å². The maximum atomic E-state index is 12.4. The van der Waals surface area contributed by atoms with Gasteiger partial charge in [-0.25, -0.2) is 0 Å². The van der Waals surface area contributed by atoms with Crippen molar-refractivity contribution in [2.45, 2.75) is 13.3 Å². The normalized spacial score (nSPS) is 25.9. The topological polar surface area (TPSA) is 32.3 Å². The Morgan fingerprint density at radius 2 is 2.11 bits per heavy atom. The molecule has 2 fully saturated rings. The van der Waals surface area contributed by atoms with Crippen LogP contribution in [0.4, 0.5) is 0 Å². The molecule has 1 aromatic heterocycles. The van der Waals surface area contributed by atoms with Crippen molar-refractivity contribution in [3.8, 4) is 0 Å². The average Bonchev–Trinajstić information content (AvgIpc) is 3.02. The molecule has 2 atom stereocenters. The summed E-state index contributed by atoms with van der Waals surface area (Å²) >= 11 is 1.59. The van der Waals surface area contributed by atoms with E-state index in [0.29, 0.717) is 11.8 Å². The van der Waals surface area contributed by atoms with Crippen molar-refractivity contribution in [1.29, 1.82) is 0 Å². The summed E-state index contributed by atoms with van der Waals surface area (Å²) in [5.41, 5.74) is 1.20. The molecule has 3 heterocycles. The van der Waals surface area contributed by atoms with Crippen molar-refractivity contribution in [2.24, 2.45) is 11.8 Å². The number of thiophene rings is 1. The highest BCUT2D eigenvalue weighted by Gasteiger charge is 2.38. The molecular formula is C13H19ClN2OS. The molecule has 0 aromatic carbocycles. The van der Waals surface area contributed by atoms with Gasteiger partial charge in [0.25, 0.3) is 5.91 Å². The summed E-state index contributed by atoms with van der Waals surface area (Å²) in [5.74, 6) is 1.62. The largest absolute Gasteiger partial charge is 0.337 e. The van der Waals surface area contributed by atoms with Gasteiger partial charge in [0.15, 0.2) is 0 Å². The van der Waals surface area contributed by atoms with E-state index in [0.717, 1.165) is 37.5 Å². The van der Waals surface area contributed by atoms with Crippen LogP contribution in [0.15, 0.2) is 11.4 Å². The van der Waals surface area contributed by atoms with Gasteiger partial charge >= 0.3 is 0 Å². The van der Waals surface area contributed by atoms with E-state index in [1.165, 1.54) is 5.56 Å². The molecule has 0 saturated carbocycles. The summed E-state index contributed by atoms with van der Waals surface area (Å²) in [6.07, 6.45) is 0.951. The predicted octanol–water partition coefficient (Wildman–Crippen LogP) is 2.02. The minimum absolute atomic E-state index is 0. The molecular weight excluding hydrogens is 268 g/mol. The van der Waals surface area contributed by atoms with Crippen LogP contribution in [0, 0.1) is 11.8 Å². The number of fused-ring (bicyclic) bond motifs is 1. The molecule has 0 radical (unpaired) electrons. The van der Waals surface area contributed by atoms with Crippen LogP contribution in [0.1, 0.15) is 22.2 Å². The molecule has 0 spiro atoms. The smallest absolute Gasteiger partial charge is 0.264 e. The lowest BCUT2D eigenvalue weighted by molar-refractivity contribution is 0.0785. The van der Waals surface area contributed by atoms with Crippen molar-refractivity contribution in [1.82, 2.24) is 10.2 Å². The summed E-state index contributed by atoms with van der Waals surface area (Å²) in [6, 6.07) is 2.08. The van der Waals surface area contributed by atoms with Crippen LogP contribution in [0.3, 0.4) is 0 Å². The number of carbonyl (C=O) groups excluding carboxylic acids is 1. The number of nitrogens with one attached hydrogen (secondary N) is 1. The molecule has 2 aliphatic heterocycles. The highest BCUT2D eigenvalue weighted by atomic mass is 35.5. The second kappa shape index (κ2) is 5.59. The fourth-order valence-electron chi connectivity index (χ4n) is 2.97. The molecule has 100 valence electrons. The monoisotopic (exact) mass is 286 g/mol. The molecule has 0 unspecified atom stereocenters.